The number of carbonyl (C=O) groups excluding carboxylic acids is 2. The van der Waals surface area contributed by atoms with Crippen molar-refractivity contribution in [3.05, 3.63) is 33.3 Å². The smallest absolute Gasteiger partial charge is 0.263 e. The van der Waals surface area contributed by atoms with E-state index in [0.29, 0.717) is 4.90 Å². The summed E-state index contributed by atoms with van der Waals surface area (Å²) in [4.78, 5) is 28.0. The third-order valence-corrected chi connectivity index (χ3v) is 9.33. The number of benzene rings is 1. The van der Waals surface area contributed by atoms with Crippen molar-refractivity contribution in [2.75, 3.05) is 19.8 Å². The van der Waals surface area contributed by atoms with Gasteiger partial charge < -0.3 is 76.0 Å². The van der Waals surface area contributed by atoms with Crippen molar-refractivity contribution >= 4 is 35.0 Å². The molecule has 15 atom stereocenters. The Kier molecular flexibility index (Phi) is 10.9. The van der Waals surface area contributed by atoms with Crippen molar-refractivity contribution in [2.24, 2.45) is 11.5 Å². The Morgan fingerprint density at radius 3 is 1.91 bits per heavy atom. The van der Waals surface area contributed by atoms with Crippen molar-refractivity contribution in [1.82, 2.24) is 4.90 Å². The lowest BCUT2D eigenvalue weighted by Gasteiger charge is -2.50. The van der Waals surface area contributed by atoms with Crippen LogP contribution in [-0.4, -0.2) is 169 Å². The maximum absolute atomic E-state index is 13.8. The van der Waals surface area contributed by atoms with E-state index in [0.717, 1.165) is 0 Å². The van der Waals surface area contributed by atoms with Crippen LogP contribution >= 0.6 is 23.2 Å². The molecular weight excluding hydrogens is 665 g/mol. The van der Waals surface area contributed by atoms with Crippen molar-refractivity contribution in [3.8, 4) is 0 Å². The average molecular weight is 700 g/mol. The van der Waals surface area contributed by atoms with E-state index in [2.05, 4.69) is 0 Å². The maximum Gasteiger partial charge on any atom is 0.263 e. The molecule has 0 saturated carbocycles. The second kappa shape index (κ2) is 14.1. The molecule has 46 heavy (non-hydrogen) atoms. The van der Waals surface area contributed by atoms with Gasteiger partial charge in [0.2, 0.25) is 0 Å². The van der Waals surface area contributed by atoms with E-state index < -0.39 is 124 Å². The lowest BCUT2D eigenvalue weighted by Crippen LogP contribution is -2.70. The molecule has 4 aliphatic heterocycles. The molecule has 5 rings (SSSR count). The molecule has 20 heteroatoms. The number of ether oxygens (including phenoxy) is 5. The van der Waals surface area contributed by atoms with Crippen LogP contribution in [0.1, 0.15) is 20.7 Å². The summed E-state index contributed by atoms with van der Waals surface area (Å²) in [5.74, 6) is -2.01. The minimum absolute atomic E-state index is 0.0540. The molecule has 0 aromatic heterocycles. The van der Waals surface area contributed by atoms with E-state index in [1.165, 1.54) is 12.1 Å². The van der Waals surface area contributed by atoms with Gasteiger partial charge in [-0.25, -0.2) is 0 Å². The van der Waals surface area contributed by atoms with Crippen LogP contribution in [0.5, 0.6) is 0 Å². The monoisotopic (exact) mass is 699 g/mol. The molecule has 18 nitrogen and oxygen atoms in total. The Morgan fingerprint density at radius 1 is 0.717 bits per heavy atom. The topological polar surface area (TPSA) is 297 Å². The number of nitrogens with zero attached hydrogens (tertiary/aromatic N) is 1. The summed E-state index contributed by atoms with van der Waals surface area (Å²) in [5, 5.41) is 82.7. The largest absolute Gasteiger partial charge is 0.394 e. The van der Waals surface area contributed by atoms with Crippen LogP contribution in [0.3, 0.4) is 0 Å². The van der Waals surface area contributed by atoms with Gasteiger partial charge in [0.15, 0.2) is 18.9 Å². The van der Waals surface area contributed by atoms with Crippen LogP contribution < -0.4 is 11.5 Å². The minimum atomic E-state index is -2.01. The minimum Gasteiger partial charge on any atom is -0.394 e. The van der Waals surface area contributed by atoms with Crippen LogP contribution in [-0.2, 0) is 23.7 Å². The second-order valence-electron chi connectivity index (χ2n) is 11.3. The maximum atomic E-state index is 13.8. The third kappa shape index (κ3) is 6.05. The second-order valence-corrected chi connectivity index (χ2v) is 12.1. The summed E-state index contributed by atoms with van der Waals surface area (Å²) in [6.45, 7) is -2.46. The van der Waals surface area contributed by atoms with Crippen molar-refractivity contribution in [3.63, 3.8) is 0 Å². The van der Waals surface area contributed by atoms with Crippen LogP contribution in [0.2, 0.25) is 10.0 Å². The molecule has 2 amide bonds. The van der Waals surface area contributed by atoms with E-state index in [1.54, 1.807) is 0 Å². The number of carbonyl (C=O) groups is 2. The molecule has 0 radical (unpaired) electrons. The molecule has 4 heterocycles. The summed E-state index contributed by atoms with van der Waals surface area (Å²) >= 11 is 12.4. The molecule has 3 fully saturated rings. The summed E-state index contributed by atoms with van der Waals surface area (Å²) in [7, 11) is 0. The lowest BCUT2D eigenvalue weighted by atomic mass is 9.93. The zero-order valence-corrected chi connectivity index (χ0v) is 25.2. The number of aliphatic hydroxyl groups is 8. The van der Waals surface area contributed by atoms with E-state index in [9.17, 15) is 50.4 Å². The predicted molar refractivity (Wildman–Crippen MR) is 150 cm³/mol. The van der Waals surface area contributed by atoms with E-state index in [-0.39, 0.29) is 21.2 Å². The number of nitrogens with two attached hydrogens (primary N) is 2. The van der Waals surface area contributed by atoms with E-state index in [4.69, 9.17) is 58.4 Å². The van der Waals surface area contributed by atoms with Crippen LogP contribution in [0.15, 0.2) is 12.1 Å². The fraction of sp³-hybridized carbons (Fsp3) is 0.692. The highest BCUT2D eigenvalue weighted by molar-refractivity contribution is 6.45. The van der Waals surface area contributed by atoms with Gasteiger partial charge in [0.25, 0.3) is 11.8 Å². The van der Waals surface area contributed by atoms with Crippen molar-refractivity contribution in [2.45, 2.75) is 91.9 Å². The van der Waals surface area contributed by atoms with Crippen LogP contribution in [0.25, 0.3) is 0 Å². The number of amides is 2. The van der Waals surface area contributed by atoms with Gasteiger partial charge >= 0.3 is 0 Å². The van der Waals surface area contributed by atoms with Crippen molar-refractivity contribution in [1.29, 1.82) is 0 Å². The number of rotatable bonds is 8. The summed E-state index contributed by atoms with van der Waals surface area (Å²) in [6.07, 6.45) is -19.8. The first-order chi connectivity index (χ1) is 21.8. The summed E-state index contributed by atoms with van der Waals surface area (Å²) in [6, 6.07) is -2.24. The number of imide groups is 1. The van der Waals surface area contributed by atoms with Crippen molar-refractivity contribution < 1.29 is 74.1 Å². The van der Waals surface area contributed by atoms with E-state index >= 15 is 0 Å². The molecule has 4 aliphatic rings. The van der Waals surface area contributed by atoms with Gasteiger partial charge in [0, 0.05) is 0 Å². The first kappa shape index (κ1) is 35.6. The van der Waals surface area contributed by atoms with Crippen LogP contribution in [0.4, 0.5) is 0 Å². The Hall–Kier alpha value is -1.66. The molecule has 0 aliphatic carbocycles. The SMILES string of the molecule is N[C@H]1[C@H](OC2[C@@H](CO)O[C@@H](OC3[C@@H](CO)O[C@@H](O)[C@H](N)[C@H]3O)[C@H](N3C(=O)c4ccc(Cl)c(Cl)c4C3=O)[C@H]2O)O[C@H](CO)[C@@H](O)[C@@H]1O. The molecule has 12 N–H and O–H groups in total. The zero-order valence-electron chi connectivity index (χ0n) is 23.7. The average Bonchev–Trinajstić information content (AvgIpc) is 3.29. The molecule has 0 bridgehead atoms. The zero-order chi connectivity index (χ0) is 33.8. The highest BCUT2D eigenvalue weighted by Gasteiger charge is 2.58. The van der Waals surface area contributed by atoms with Gasteiger partial charge in [-0.3, -0.25) is 14.5 Å². The number of halogens is 2. The van der Waals surface area contributed by atoms with Gasteiger partial charge in [0.05, 0.1) is 53.1 Å². The van der Waals surface area contributed by atoms with Gasteiger partial charge in [-0.2, -0.15) is 0 Å². The van der Waals surface area contributed by atoms with Crippen LogP contribution in [0, 0.1) is 0 Å². The molecule has 3 saturated heterocycles. The highest BCUT2D eigenvalue weighted by Crippen LogP contribution is 2.40. The summed E-state index contributed by atoms with van der Waals surface area (Å²) in [5.41, 5.74) is 11.3. The summed E-state index contributed by atoms with van der Waals surface area (Å²) < 4.78 is 28.4. The van der Waals surface area contributed by atoms with E-state index in [1.807, 2.05) is 0 Å². The first-order valence-electron chi connectivity index (χ1n) is 14.1. The van der Waals surface area contributed by atoms with Gasteiger partial charge in [0.1, 0.15) is 61.0 Å². The number of aliphatic hydroxyl groups excluding tert-OH is 8. The number of fused-ring (bicyclic) bond motifs is 1. The lowest BCUT2D eigenvalue weighted by molar-refractivity contribution is -0.354. The number of hydrogen-bond acceptors (Lipinski definition) is 17. The predicted octanol–water partition coefficient (Wildman–Crippen LogP) is -5.03. The highest BCUT2D eigenvalue weighted by atomic mass is 35.5. The molecule has 1 aromatic carbocycles. The fourth-order valence-electron chi connectivity index (χ4n) is 5.96. The fourth-order valence-corrected chi connectivity index (χ4v) is 6.37. The quantitative estimate of drug-likeness (QED) is 0.114. The third-order valence-electron chi connectivity index (χ3n) is 8.53. The standard InChI is InChI=1S/C26H35Cl2N3O15/c27-7-2-1-6-11(12(7)28)23(40)31(22(6)39)15-19(38)21(45-25-14(30)17(36)16(35)8(3-32)43-25)10(5-34)44-26(15)46-20-9(4-33)42-24(41)13(29)18(20)37/h1-2,8-10,13-21,24-26,32-38,41H,3-5,29-30H2/t8-,9-,10-,13-,14-,15-,16-,17-,18-,19-,20?,21?,24-,25+,26+/m1/s1. The molecule has 0 spiro atoms. The Labute approximate surface area is 270 Å². The molecule has 2 unspecified atom stereocenters. The Balaban J connectivity index is 1.53. The molecular formula is C26H35Cl2N3O15. The molecule has 258 valence electrons. The number of hydrogen-bond donors (Lipinski definition) is 10. The van der Waals surface area contributed by atoms with Gasteiger partial charge in [-0.1, -0.05) is 23.2 Å². The normalized spacial score (nSPS) is 43.2. The molecule has 1 aromatic rings. The van der Waals surface area contributed by atoms with Gasteiger partial charge in [-0.05, 0) is 12.1 Å². The Bertz CT molecular complexity index is 1300. The Morgan fingerprint density at radius 2 is 1.28 bits per heavy atom. The van der Waals surface area contributed by atoms with Gasteiger partial charge in [-0.15, -0.1) is 0 Å². The first-order valence-corrected chi connectivity index (χ1v) is 14.9.